The van der Waals surface area contributed by atoms with E-state index >= 15 is 0 Å². The van der Waals surface area contributed by atoms with Crippen molar-refractivity contribution in [3.63, 3.8) is 0 Å². The van der Waals surface area contributed by atoms with Crippen molar-refractivity contribution in [2.24, 2.45) is 5.84 Å². The van der Waals surface area contributed by atoms with Crippen LogP contribution in [-0.2, 0) is 4.84 Å². The van der Waals surface area contributed by atoms with Gasteiger partial charge in [-0.3, -0.25) is 4.84 Å². The lowest BCUT2D eigenvalue weighted by Gasteiger charge is -2.08. The Kier molecular flexibility index (Phi) is 1.24. The summed E-state index contributed by atoms with van der Waals surface area (Å²) in [6, 6.07) is 0.495. The van der Waals surface area contributed by atoms with Crippen LogP contribution in [0.15, 0.2) is 0 Å². The van der Waals surface area contributed by atoms with Crippen LogP contribution in [0.4, 0.5) is 0 Å². The second-order valence-electron chi connectivity index (χ2n) is 2.26. The van der Waals surface area contributed by atoms with Crippen LogP contribution in [-0.4, -0.2) is 24.4 Å². The number of hydrogen-bond donors (Lipinski definition) is 2. The van der Waals surface area contributed by atoms with Gasteiger partial charge in [-0.2, -0.15) is 5.84 Å². The first-order valence-corrected chi connectivity index (χ1v) is 2.65. The smallest absolute Gasteiger partial charge is 0.177 e. The minimum atomic E-state index is 0.358. The van der Waals surface area contributed by atoms with Gasteiger partial charge in [-0.05, 0) is 12.5 Å². The molecule has 2 atom stereocenters. The predicted octanol–water partition coefficient (Wildman–Crippen LogP) is -0.855. The van der Waals surface area contributed by atoms with Gasteiger partial charge in [0.1, 0.15) is 0 Å². The van der Waals surface area contributed by atoms with E-state index in [0.717, 1.165) is 6.54 Å². The first-order valence-electron chi connectivity index (χ1n) is 2.65. The van der Waals surface area contributed by atoms with Gasteiger partial charge in [-0.1, -0.05) is 0 Å². The number of quaternary nitrogens is 1. The average molecular weight is 118 g/mol. The first kappa shape index (κ1) is 5.97. The Morgan fingerprint density at radius 3 is 2.50 bits per heavy atom. The van der Waals surface area contributed by atoms with Gasteiger partial charge in [0.2, 0.25) is 0 Å². The molecule has 0 aromatic rings. The fraction of sp³-hybridized carbons (Fsp3) is 1.00. The van der Waals surface area contributed by atoms with E-state index in [1.54, 1.807) is 7.11 Å². The van der Waals surface area contributed by atoms with E-state index in [0.29, 0.717) is 10.7 Å². The summed E-state index contributed by atoms with van der Waals surface area (Å²) in [6.07, 6.45) is 0. The Hall–Kier alpha value is -0.160. The van der Waals surface area contributed by atoms with Crippen molar-refractivity contribution in [1.29, 1.82) is 0 Å². The van der Waals surface area contributed by atoms with Gasteiger partial charge in [0.15, 0.2) is 12.6 Å². The summed E-state index contributed by atoms with van der Waals surface area (Å²) in [5, 5.41) is 0. The highest BCUT2D eigenvalue weighted by atomic mass is 16.7. The second-order valence-corrected chi connectivity index (χ2v) is 2.26. The number of nitrogens with two attached hydrogens (primary N) is 1. The van der Waals surface area contributed by atoms with Crippen LogP contribution in [0.3, 0.4) is 0 Å². The normalized spacial score (nSPS) is 44.6. The SMILES string of the molecule is CON[N+]1(N)CC1C. The Labute approximate surface area is 48.7 Å². The molecule has 0 aromatic carbocycles. The summed E-state index contributed by atoms with van der Waals surface area (Å²) in [5.74, 6) is 5.60. The Balaban J connectivity index is 2.25. The van der Waals surface area contributed by atoms with Crippen molar-refractivity contribution in [2.75, 3.05) is 13.7 Å². The van der Waals surface area contributed by atoms with Gasteiger partial charge in [0, 0.05) is 0 Å². The third kappa shape index (κ3) is 0.830. The maximum absolute atomic E-state index is 5.60. The molecule has 1 rings (SSSR count). The molecular weight excluding hydrogens is 106 g/mol. The van der Waals surface area contributed by atoms with Crippen molar-refractivity contribution in [2.45, 2.75) is 13.0 Å². The van der Waals surface area contributed by atoms with Crippen LogP contribution >= 0.6 is 0 Å². The molecule has 0 aliphatic carbocycles. The molecule has 8 heavy (non-hydrogen) atoms. The van der Waals surface area contributed by atoms with Crippen LogP contribution in [0.25, 0.3) is 0 Å². The van der Waals surface area contributed by atoms with E-state index in [1.807, 2.05) is 0 Å². The minimum Gasteiger partial charge on any atom is -0.258 e. The van der Waals surface area contributed by atoms with Crippen LogP contribution in [0.1, 0.15) is 6.92 Å². The number of nitrogens with one attached hydrogen (secondary N) is 1. The Morgan fingerprint density at radius 2 is 2.38 bits per heavy atom. The van der Waals surface area contributed by atoms with E-state index in [4.69, 9.17) is 5.84 Å². The average Bonchev–Trinajstić information content (AvgIpc) is 2.16. The quantitative estimate of drug-likeness (QED) is 0.215. The molecule has 1 aliphatic rings. The van der Waals surface area contributed by atoms with Crippen molar-refractivity contribution in [3.05, 3.63) is 0 Å². The van der Waals surface area contributed by atoms with Crippen molar-refractivity contribution in [3.8, 4) is 0 Å². The summed E-state index contributed by atoms with van der Waals surface area (Å²) in [6.45, 7) is 3.01. The predicted molar refractivity (Wildman–Crippen MR) is 28.9 cm³/mol. The molecule has 0 amide bonds. The molecule has 0 saturated carbocycles. The van der Waals surface area contributed by atoms with Gasteiger partial charge in [0.05, 0.1) is 7.11 Å². The van der Waals surface area contributed by atoms with E-state index < -0.39 is 0 Å². The molecule has 1 aliphatic heterocycles. The van der Waals surface area contributed by atoms with Crippen LogP contribution in [0.2, 0.25) is 0 Å². The standard InChI is InChI=1S/C4H12N3O/c1-4-3-7(4,5)6-8-2/h4,6H,3,5H2,1-2H3/q+1. The monoisotopic (exact) mass is 118 g/mol. The summed E-state index contributed by atoms with van der Waals surface area (Å²) < 4.78 is 0.358. The molecule has 4 heteroatoms. The highest BCUT2D eigenvalue weighted by molar-refractivity contribution is 4.59. The Morgan fingerprint density at radius 1 is 1.88 bits per heavy atom. The van der Waals surface area contributed by atoms with Crippen molar-refractivity contribution in [1.82, 2.24) is 5.59 Å². The molecule has 0 radical (unpaired) electrons. The maximum Gasteiger partial charge on any atom is 0.177 e. The molecule has 3 N–H and O–H groups in total. The fourth-order valence-electron chi connectivity index (χ4n) is 0.687. The Bertz CT molecular complexity index is 97.3. The van der Waals surface area contributed by atoms with E-state index in [-0.39, 0.29) is 0 Å². The highest BCUT2D eigenvalue weighted by Crippen LogP contribution is 2.18. The van der Waals surface area contributed by atoms with E-state index in [9.17, 15) is 0 Å². The van der Waals surface area contributed by atoms with Gasteiger partial charge in [-0.25, -0.2) is 0 Å². The zero-order chi connectivity index (χ0) is 6.20. The lowest BCUT2D eigenvalue weighted by atomic mass is 10.6. The molecule has 1 saturated heterocycles. The number of hydrogen-bond acceptors (Lipinski definition) is 3. The van der Waals surface area contributed by atoms with Crippen LogP contribution in [0.5, 0.6) is 0 Å². The molecule has 4 nitrogen and oxygen atoms in total. The topological polar surface area (TPSA) is 47.3 Å². The summed E-state index contributed by atoms with van der Waals surface area (Å²) >= 11 is 0. The molecule has 0 bridgehead atoms. The zero-order valence-electron chi connectivity index (χ0n) is 5.22. The van der Waals surface area contributed by atoms with Gasteiger partial charge >= 0.3 is 0 Å². The minimum absolute atomic E-state index is 0.358. The molecule has 2 unspecified atom stereocenters. The summed E-state index contributed by atoms with van der Waals surface area (Å²) in [4.78, 5) is 4.64. The second kappa shape index (κ2) is 1.66. The van der Waals surface area contributed by atoms with E-state index in [2.05, 4.69) is 17.4 Å². The largest absolute Gasteiger partial charge is 0.258 e. The molecule has 0 spiro atoms. The third-order valence-corrected chi connectivity index (χ3v) is 1.48. The van der Waals surface area contributed by atoms with Crippen molar-refractivity contribution < 1.29 is 9.54 Å². The van der Waals surface area contributed by atoms with Crippen molar-refractivity contribution >= 4 is 0 Å². The fourth-order valence-corrected chi connectivity index (χ4v) is 0.687. The molecule has 1 fully saturated rings. The number of rotatable bonds is 2. The van der Waals surface area contributed by atoms with E-state index in [1.165, 1.54) is 0 Å². The molecular formula is C4H12N3O+. The lowest BCUT2D eigenvalue weighted by molar-refractivity contribution is -0.902. The molecule has 0 aromatic heterocycles. The van der Waals surface area contributed by atoms with Gasteiger partial charge < -0.3 is 0 Å². The maximum atomic E-state index is 5.60. The molecule has 1 heterocycles. The lowest BCUT2D eigenvalue weighted by Crippen LogP contribution is -2.48. The van der Waals surface area contributed by atoms with Gasteiger partial charge in [-0.15, -0.1) is 4.70 Å². The van der Waals surface area contributed by atoms with Crippen LogP contribution in [0, 0.1) is 0 Å². The summed E-state index contributed by atoms with van der Waals surface area (Å²) in [5.41, 5.74) is 2.66. The highest BCUT2D eigenvalue weighted by Gasteiger charge is 2.51. The zero-order valence-corrected chi connectivity index (χ0v) is 5.22. The molecule has 48 valence electrons. The van der Waals surface area contributed by atoms with Crippen LogP contribution < -0.4 is 11.4 Å². The first-order chi connectivity index (χ1) is 3.69. The number of nitrogens with zero attached hydrogens (tertiary/aromatic N) is 1. The third-order valence-electron chi connectivity index (χ3n) is 1.48. The van der Waals surface area contributed by atoms with Gasteiger partial charge in [0.25, 0.3) is 0 Å². The summed E-state index contributed by atoms with van der Waals surface area (Å²) in [7, 11) is 1.57.